The number of aryl methyl sites for hydroxylation is 1. The lowest BCUT2D eigenvalue weighted by atomic mass is 10.1. The van der Waals surface area contributed by atoms with Gasteiger partial charge in [-0.1, -0.05) is 10.3 Å². The first-order valence-electron chi connectivity index (χ1n) is 10.5. The van der Waals surface area contributed by atoms with E-state index in [1.807, 2.05) is 7.05 Å². The van der Waals surface area contributed by atoms with Gasteiger partial charge in [0, 0.05) is 31.0 Å². The fraction of sp³-hybridized carbons (Fsp3) is 0.600. The van der Waals surface area contributed by atoms with Crippen molar-refractivity contribution in [2.75, 3.05) is 13.6 Å². The van der Waals surface area contributed by atoms with E-state index in [0.717, 1.165) is 31.5 Å². The van der Waals surface area contributed by atoms with Crippen LogP contribution in [0.5, 0.6) is 0 Å². The summed E-state index contributed by atoms with van der Waals surface area (Å²) in [5.41, 5.74) is 0.451. The van der Waals surface area contributed by atoms with E-state index in [1.54, 1.807) is 6.92 Å². The van der Waals surface area contributed by atoms with E-state index in [9.17, 15) is 9.59 Å². The first-order valence-corrected chi connectivity index (χ1v) is 10.5. The zero-order valence-electron chi connectivity index (χ0n) is 18.1. The van der Waals surface area contributed by atoms with Crippen LogP contribution in [0, 0.1) is 6.92 Å². The van der Waals surface area contributed by atoms with E-state index in [0.29, 0.717) is 36.1 Å². The van der Waals surface area contributed by atoms with Gasteiger partial charge in [-0.15, -0.1) is 0 Å². The average Bonchev–Trinajstić information content (AvgIpc) is 3.18. The zero-order chi connectivity index (χ0) is 23.1. The van der Waals surface area contributed by atoms with Gasteiger partial charge in [0.2, 0.25) is 11.8 Å². The quantitative estimate of drug-likeness (QED) is 0.493. The first kappa shape index (κ1) is 23.4. The van der Waals surface area contributed by atoms with Crippen LogP contribution in [0.1, 0.15) is 65.9 Å². The molecule has 0 spiro atoms. The van der Waals surface area contributed by atoms with Crippen molar-refractivity contribution in [3.8, 4) is 0 Å². The maximum Gasteiger partial charge on any atom is 0.290 e. The van der Waals surface area contributed by atoms with Gasteiger partial charge in [0.15, 0.2) is 5.82 Å². The highest BCUT2D eigenvalue weighted by atomic mass is 16.5. The number of likely N-dealkylation sites (tertiary alicyclic amines) is 1. The molecule has 1 aliphatic carbocycles. The molecule has 0 aromatic carbocycles. The molecule has 1 aliphatic heterocycles. The number of likely N-dealkylation sites (N-methyl/N-ethyl adjacent to an activating group) is 1. The van der Waals surface area contributed by atoms with Crippen LogP contribution in [0.15, 0.2) is 15.2 Å². The molecule has 0 bridgehead atoms. The van der Waals surface area contributed by atoms with Crippen LogP contribution in [0.2, 0.25) is 0 Å². The maximum absolute atomic E-state index is 12.3. The Balaban J connectivity index is 0.000000913. The number of nitrogens with zero attached hydrogens (tertiary/aromatic N) is 4. The van der Waals surface area contributed by atoms with Gasteiger partial charge in [-0.2, -0.15) is 4.98 Å². The van der Waals surface area contributed by atoms with E-state index in [2.05, 4.69) is 30.8 Å². The molecule has 2 amide bonds. The number of hydrogen-bond donors (Lipinski definition) is 3. The summed E-state index contributed by atoms with van der Waals surface area (Å²) in [6, 6.07) is 0.327. The Labute approximate surface area is 184 Å². The van der Waals surface area contributed by atoms with Crippen molar-refractivity contribution >= 4 is 18.3 Å². The van der Waals surface area contributed by atoms with Crippen LogP contribution < -0.4 is 10.6 Å². The topological polar surface area (TPSA) is 164 Å². The Bertz CT molecular complexity index is 923. The molecule has 12 nitrogen and oxygen atoms in total. The van der Waals surface area contributed by atoms with Crippen LogP contribution in [0.4, 0.5) is 0 Å². The Hall–Kier alpha value is -3.28. The third kappa shape index (κ3) is 6.13. The molecule has 174 valence electrons. The average molecular weight is 448 g/mol. The molecular weight excluding hydrogens is 420 g/mol. The lowest BCUT2D eigenvalue weighted by Gasteiger charge is -2.25. The Morgan fingerprint density at radius 1 is 1.22 bits per heavy atom. The highest BCUT2D eigenvalue weighted by Gasteiger charge is 2.32. The van der Waals surface area contributed by atoms with Crippen LogP contribution in [0.25, 0.3) is 0 Å². The van der Waals surface area contributed by atoms with Gasteiger partial charge in [0.1, 0.15) is 11.3 Å². The van der Waals surface area contributed by atoms with Crippen molar-refractivity contribution in [3.05, 3.63) is 29.2 Å². The fourth-order valence-electron chi connectivity index (χ4n) is 3.71. The second-order valence-electron chi connectivity index (χ2n) is 7.96. The molecule has 2 aromatic rings. The summed E-state index contributed by atoms with van der Waals surface area (Å²) in [6.07, 6.45) is 5.87. The molecule has 3 N–H and O–H groups in total. The minimum absolute atomic E-state index is 0.0437. The number of amides is 2. The second-order valence-corrected chi connectivity index (χ2v) is 7.96. The van der Waals surface area contributed by atoms with Crippen molar-refractivity contribution in [1.29, 1.82) is 0 Å². The zero-order valence-corrected chi connectivity index (χ0v) is 18.1. The molecular formula is C20H28N6O6. The molecule has 2 aliphatic rings. The molecule has 0 radical (unpaired) electrons. The minimum Gasteiger partial charge on any atom is -0.483 e. The standard InChI is InChI=1S/C19H26N6O4.CH2O2/c1-11-15(9-22-28-11)19(27)21-8-14-6-5-13(25(14)2)7-16(26)20-10-17-23-18(24-29-17)12-3-4-12;2-1-3/h9,12-14H,3-8,10H2,1-2H3,(H,20,26)(H,21,27);1H,(H,2,3)/t13-,14+;/m1./s1. The normalized spacial score (nSPS) is 20.3. The van der Waals surface area contributed by atoms with Gasteiger partial charge in [0.05, 0.1) is 12.7 Å². The van der Waals surface area contributed by atoms with Gasteiger partial charge in [-0.3, -0.25) is 19.3 Å². The van der Waals surface area contributed by atoms with Crippen LogP contribution >= 0.6 is 0 Å². The summed E-state index contributed by atoms with van der Waals surface area (Å²) in [7, 11) is 1.99. The van der Waals surface area contributed by atoms with E-state index >= 15 is 0 Å². The fourth-order valence-corrected chi connectivity index (χ4v) is 3.71. The van der Waals surface area contributed by atoms with E-state index in [4.69, 9.17) is 18.9 Å². The van der Waals surface area contributed by atoms with Gasteiger partial charge >= 0.3 is 0 Å². The summed E-state index contributed by atoms with van der Waals surface area (Å²) < 4.78 is 10.1. The predicted octanol–water partition coefficient (Wildman–Crippen LogP) is 0.843. The number of rotatable bonds is 8. The monoisotopic (exact) mass is 448 g/mol. The third-order valence-corrected chi connectivity index (χ3v) is 5.76. The van der Waals surface area contributed by atoms with Gasteiger partial charge < -0.3 is 24.8 Å². The Kier molecular flexibility index (Phi) is 7.92. The van der Waals surface area contributed by atoms with Crippen LogP contribution in [-0.2, 0) is 16.1 Å². The highest BCUT2D eigenvalue weighted by Crippen LogP contribution is 2.38. The number of carboxylic acid groups (broad SMARTS) is 1. The second kappa shape index (κ2) is 10.8. The first-order chi connectivity index (χ1) is 15.4. The summed E-state index contributed by atoms with van der Waals surface area (Å²) in [4.78, 5) is 39.4. The molecule has 32 heavy (non-hydrogen) atoms. The van der Waals surface area contributed by atoms with E-state index in [1.165, 1.54) is 6.20 Å². The largest absolute Gasteiger partial charge is 0.483 e. The van der Waals surface area contributed by atoms with Crippen molar-refractivity contribution in [2.24, 2.45) is 0 Å². The predicted molar refractivity (Wildman–Crippen MR) is 110 cm³/mol. The number of carbonyl (C=O) groups is 3. The van der Waals surface area contributed by atoms with Gasteiger partial charge in [-0.05, 0) is 39.7 Å². The molecule has 2 fully saturated rings. The number of aromatic nitrogens is 3. The summed E-state index contributed by atoms with van der Waals surface area (Å²) in [5, 5.41) is 20.3. The number of nitrogens with one attached hydrogen (secondary N) is 2. The lowest BCUT2D eigenvalue weighted by molar-refractivity contribution is -0.123. The summed E-state index contributed by atoms with van der Waals surface area (Å²) in [6.45, 7) is 2.23. The molecule has 3 heterocycles. The smallest absolute Gasteiger partial charge is 0.290 e. The number of carbonyl (C=O) groups excluding carboxylic acids is 2. The van der Waals surface area contributed by atoms with Crippen molar-refractivity contribution in [1.82, 2.24) is 30.8 Å². The maximum atomic E-state index is 12.3. The molecule has 2 aromatic heterocycles. The van der Waals surface area contributed by atoms with Gasteiger partial charge in [0.25, 0.3) is 12.4 Å². The minimum atomic E-state index is -0.250. The van der Waals surface area contributed by atoms with Crippen LogP contribution in [-0.4, -0.2) is 69.3 Å². The summed E-state index contributed by atoms with van der Waals surface area (Å²) in [5.74, 6) is 1.89. The molecule has 0 unspecified atom stereocenters. The molecule has 4 rings (SSSR count). The molecule has 1 saturated carbocycles. The Morgan fingerprint density at radius 3 is 2.59 bits per heavy atom. The lowest BCUT2D eigenvalue weighted by Crippen LogP contribution is -2.42. The van der Waals surface area contributed by atoms with Crippen LogP contribution in [0.3, 0.4) is 0 Å². The Morgan fingerprint density at radius 2 is 1.94 bits per heavy atom. The SMILES string of the molecule is Cc1oncc1C(=O)NC[C@@H]1CC[C@H](CC(=O)NCc2nc(C3CC3)no2)N1C.O=CO. The molecule has 2 atom stereocenters. The molecule has 1 saturated heterocycles. The van der Waals surface area contributed by atoms with Crippen molar-refractivity contribution in [2.45, 2.75) is 63.6 Å². The van der Waals surface area contributed by atoms with Crippen molar-refractivity contribution < 1.29 is 28.5 Å². The van der Waals surface area contributed by atoms with Gasteiger partial charge in [-0.25, -0.2) is 0 Å². The van der Waals surface area contributed by atoms with E-state index in [-0.39, 0.29) is 36.9 Å². The summed E-state index contributed by atoms with van der Waals surface area (Å²) >= 11 is 0. The highest BCUT2D eigenvalue weighted by molar-refractivity contribution is 5.94. The van der Waals surface area contributed by atoms with E-state index < -0.39 is 0 Å². The third-order valence-electron chi connectivity index (χ3n) is 5.76. The molecule has 12 heteroatoms. The van der Waals surface area contributed by atoms with Crippen molar-refractivity contribution in [3.63, 3.8) is 0 Å². The number of hydrogen-bond acceptors (Lipinski definition) is 9.